The van der Waals surface area contributed by atoms with Crippen molar-refractivity contribution in [3.05, 3.63) is 107 Å². The minimum atomic E-state index is -0.324. The second-order valence-corrected chi connectivity index (χ2v) is 13.1. The molecule has 0 unspecified atom stereocenters. The summed E-state index contributed by atoms with van der Waals surface area (Å²) < 4.78 is 0. The molecule has 0 bridgehead atoms. The first-order valence-electron chi connectivity index (χ1n) is 15.9. The van der Waals surface area contributed by atoms with Crippen molar-refractivity contribution < 1.29 is 9.63 Å². The molecular formula is C37H30N6O2. The number of carbonyl (C=O) groups excluding carboxylic acids is 1. The van der Waals surface area contributed by atoms with E-state index in [4.69, 9.17) is 14.8 Å². The molecule has 3 N–H and O–H groups in total. The maximum atomic E-state index is 12.9. The van der Waals surface area contributed by atoms with E-state index >= 15 is 0 Å². The van der Waals surface area contributed by atoms with Gasteiger partial charge in [0.1, 0.15) is 17.7 Å². The summed E-state index contributed by atoms with van der Waals surface area (Å²) >= 11 is 0. The van der Waals surface area contributed by atoms with Gasteiger partial charge in [-0.2, -0.15) is 0 Å². The first kappa shape index (κ1) is 25.4. The molecule has 45 heavy (non-hydrogen) atoms. The number of nitrogens with zero attached hydrogens (tertiary/aromatic N) is 3. The van der Waals surface area contributed by atoms with E-state index in [1.165, 1.54) is 12.8 Å². The molecule has 10 rings (SSSR count). The van der Waals surface area contributed by atoms with Crippen molar-refractivity contribution in [1.82, 2.24) is 30.3 Å². The number of hydrogen-bond donors (Lipinski definition) is 3. The molecule has 2 aromatic heterocycles. The summed E-state index contributed by atoms with van der Waals surface area (Å²) in [5.41, 5.74) is 6.38. The fourth-order valence-corrected chi connectivity index (χ4v) is 7.51. The number of hydroxylamine groups is 2. The van der Waals surface area contributed by atoms with Crippen LogP contribution in [0.1, 0.15) is 70.9 Å². The van der Waals surface area contributed by atoms with Crippen LogP contribution in [-0.2, 0) is 4.84 Å². The number of fused-ring (bicyclic) bond motifs is 6. The minimum Gasteiger partial charge on any atom is -0.363 e. The van der Waals surface area contributed by atoms with Gasteiger partial charge in [-0.1, -0.05) is 42.2 Å². The molecule has 4 heterocycles. The number of hydrogen-bond acceptors (Lipinski definition) is 6. The highest BCUT2D eigenvalue weighted by Gasteiger charge is 2.55. The van der Waals surface area contributed by atoms with Crippen molar-refractivity contribution in [3.8, 4) is 11.8 Å². The van der Waals surface area contributed by atoms with E-state index in [0.717, 1.165) is 74.4 Å². The SMILES string of the molecule is O=C(ON1[C@@H]2C[C@@H]2C[C@H]1c1nc2c(ccc3cc(C#Cc4ccc5nc([C@@H]6C[C@H]7C[C@H]7N6)[nH]c5c4)ccc32)[nH]1)c1ccccc1. The molecule has 6 atom stereocenters. The highest BCUT2D eigenvalue weighted by molar-refractivity contribution is 6.04. The lowest BCUT2D eigenvalue weighted by Gasteiger charge is -2.24. The van der Waals surface area contributed by atoms with Crippen molar-refractivity contribution in [3.63, 3.8) is 0 Å². The summed E-state index contributed by atoms with van der Waals surface area (Å²) in [4.78, 5) is 35.8. The lowest BCUT2D eigenvalue weighted by Crippen LogP contribution is -2.30. The second kappa shape index (κ2) is 9.51. The summed E-state index contributed by atoms with van der Waals surface area (Å²) in [6, 6.07) is 27.1. The Balaban J connectivity index is 0.907. The van der Waals surface area contributed by atoms with E-state index in [1.54, 1.807) is 12.1 Å². The van der Waals surface area contributed by atoms with E-state index in [-0.39, 0.29) is 18.1 Å². The van der Waals surface area contributed by atoms with E-state index in [2.05, 4.69) is 69.6 Å². The van der Waals surface area contributed by atoms with Crippen molar-refractivity contribution >= 4 is 38.8 Å². The summed E-state index contributed by atoms with van der Waals surface area (Å²) in [5.74, 6) is 9.63. The van der Waals surface area contributed by atoms with Crippen LogP contribution in [0.4, 0.5) is 0 Å². The van der Waals surface area contributed by atoms with Gasteiger partial charge in [0.25, 0.3) is 0 Å². The Bertz CT molecular complexity index is 2220. The Hall–Kier alpha value is -4.97. The van der Waals surface area contributed by atoms with Crippen LogP contribution >= 0.6 is 0 Å². The van der Waals surface area contributed by atoms with Crippen LogP contribution in [0.25, 0.3) is 32.8 Å². The zero-order valence-corrected chi connectivity index (χ0v) is 24.5. The number of benzene rings is 4. The van der Waals surface area contributed by atoms with Gasteiger partial charge in [0.2, 0.25) is 0 Å². The number of aromatic amines is 2. The van der Waals surface area contributed by atoms with Crippen LogP contribution in [0.5, 0.6) is 0 Å². The molecule has 220 valence electrons. The third-order valence-electron chi connectivity index (χ3n) is 10.1. The standard InChI is InChI=1S/C37H30N6O2/c44-37(22-4-2-1-3-5-22)45-43-32-18-25(32)19-33(43)36-40-28-13-10-23-14-20(8-11-26(23)34(28)42-36)6-7-21-9-12-27-30(15-21)41-35(39-27)31-17-24-16-29(24)38-31/h1-5,8-15,24-25,29,31-33,38H,16-19H2,(H,39,41)(H,40,42)/t24-,25-,29-,31+,32-,33+/m1/s1. The van der Waals surface area contributed by atoms with Crippen molar-refractivity contribution in [2.45, 2.75) is 49.9 Å². The highest BCUT2D eigenvalue weighted by Crippen LogP contribution is 2.53. The molecule has 0 amide bonds. The quantitative estimate of drug-likeness (QED) is 0.208. The summed E-state index contributed by atoms with van der Waals surface area (Å²) in [6.07, 6.45) is 4.47. The number of aromatic nitrogens is 4. The Kier molecular flexibility index (Phi) is 5.36. The largest absolute Gasteiger partial charge is 0.363 e. The van der Waals surface area contributed by atoms with Gasteiger partial charge in [-0.25, -0.2) is 14.8 Å². The first-order valence-corrected chi connectivity index (χ1v) is 15.9. The smallest absolute Gasteiger partial charge is 0.357 e. The zero-order valence-electron chi connectivity index (χ0n) is 24.5. The fourth-order valence-electron chi connectivity index (χ4n) is 7.51. The summed E-state index contributed by atoms with van der Waals surface area (Å²) in [5, 5.41) is 7.71. The predicted molar refractivity (Wildman–Crippen MR) is 171 cm³/mol. The van der Waals surface area contributed by atoms with Gasteiger partial charge in [-0.05, 0) is 91.4 Å². The molecule has 2 saturated heterocycles. The molecule has 8 heteroatoms. The predicted octanol–water partition coefficient (Wildman–Crippen LogP) is 6.32. The topological polar surface area (TPSA) is 98.9 Å². The number of piperidine rings is 2. The molecule has 8 nitrogen and oxygen atoms in total. The molecule has 2 aliphatic heterocycles. The number of H-pyrrole nitrogens is 2. The highest BCUT2D eigenvalue weighted by atomic mass is 16.7. The van der Waals surface area contributed by atoms with Gasteiger partial charge in [-0.15, -0.1) is 5.06 Å². The lowest BCUT2D eigenvalue weighted by molar-refractivity contribution is -0.136. The summed E-state index contributed by atoms with van der Waals surface area (Å²) in [7, 11) is 0. The van der Waals surface area contributed by atoms with Crippen LogP contribution in [0.15, 0.2) is 78.9 Å². The fraction of sp³-hybridized carbons (Fsp3) is 0.270. The Labute approximate surface area is 259 Å². The molecule has 4 fully saturated rings. The van der Waals surface area contributed by atoms with Gasteiger partial charge in [-0.3, -0.25) is 0 Å². The van der Waals surface area contributed by atoms with E-state index in [9.17, 15) is 4.79 Å². The van der Waals surface area contributed by atoms with Gasteiger partial charge in [0.15, 0.2) is 0 Å². The van der Waals surface area contributed by atoms with Gasteiger partial charge in [0, 0.05) is 22.6 Å². The van der Waals surface area contributed by atoms with Crippen LogP contribution in [-0.4, -0.2) is 43.1 Å². The average molecular weight is 591 g/mol. The molecule has 4 aromatic carbocycles. The van der Waals surface area contributed by atoms with Gasteiger partial charge < -0.3 is 20.1 Å². The van der Waals surface area contributed by atoms with E-state index in [1.807, 2.05) is 29.3 Å². The van der Waals surface area contributed by atoms with E-state index in [0.29, 0.717) is 23.6 Å². The van der Waals surface area contributed by atoms with Gasteiger partial charge in [0.05, 0.1) is 39.7 Å². The monoisotopic (exact) mass is 590 g/mol. The van der Waals surface area contributed by atoms with Crippen LogP contribution in [0.2, 0.25) is 0 Å². The van der Waals surface area contributed by atoms with Crippen molar-refractivity contribution in [2.24, 2.45) is 11.8 Å². The number of imidazole rings is 2. The lowest BCUT2D eigenvalue weighted by atomic mass is 10.1. The van der Waals surface area contributed by atoms with Gasteiger partial charge >= 0.3 is 5.97 Å². The minimum absolute atomic E-state index is 0.0858. The summed E-state index contributed by atoms with van der Waals surface area (Å²) in [6.45, 7) is 0. The first-order chi connectivity index (χ1) is 22.1. The van der Waals surface area contributed by atoms with Crippen LogP contribution in [0.3, 0.4) is 0 Å². The molecule has 4 aliphatic rings. The van der Waals surface area contributed by atoms with Crippen molar-refractivity contribution in [2.75, 3.05) is 0 Å². The normalized spacial score (nSPS) is 26.5. The molecule has 0 radical (unpaired) electrons. The average Bonchev–Trinajstić information content (AvgIpc) is 3.70. The molecule has 2 aliphatic carbocycles. The second-order valence-electron chi connectivity index (χ2n) is 13.1. The van der Waals surface area contributed by atoms with Crippen molar-refractivity contribution in [1.29, 1.82) is 0 Å². The third kappa shape index (κ3) is 4.34. The molecule has 0 spiro atoms. The maximum Gasteiger partial charge on any atom is 0.357 e. The van der Waals surface area contributed by atoms with E-state index < -0.39 is 0 Å². The van der Waals surface area contributed by atoms with Crippen LogP contribution < -0.4 is 5.32 Å². The third-order valence-corrected chi connectivity index (χ3v) is 10.1. The maximum absolute atomic E-state index is 12.9. The number of rotatable bonds is 4. The molecule has 6 aromatic rings. The number of nitrogens with one attached hydrogen (secondary N) is 3. The molecular weight excluding hydrogens is 560 g/mol. The number of carbonyl (C=O) groups is 1. The van der Waals surface area contributed by atoms with Crippen LogP contribution in [0, 0.1) is 23.7 Å². The Morgan fingerprint density at radius 3 is 2.51 bits per heavy atom. The zero-order chi connectivity index (χ0) is 29.6. The Morgan fingerprint density at radius 1 is 0.800 bits per heavy atom. The Morgan fingerprint density at radius 2 is 1.64 bits per heavy atom. The molecule has 2 saturated carbocycles.